The Labute approximate surface area is 112 Å². The molecule has 4 nitrogen and oxygen atoms in total. The lowest BCUT2D eigenvalue weighted by Gasteiger charge is -2.17. The summed E-state index contributed by atoms with van der Waals surface area (Å²) in [5.41, 5.74) is 3.13. The summed E-state index contributed by atoms with van der Waals surface area (Å²) in [4.78, 5) is 11.7. The number of ether oxygens (including phenoxy) is 1. The fraction of sp³-hybridized carbons (Fsp3) is 0.400. The lowest BCUT2D eigenvalue weighted by molar-refractivity contribution is -0.135. The van der Waals surface area contributed by atoms with Crippen LogP contribution in [0.5, 0.6) is 0 Å². The van der Waals surface area contributed by atoms with E-state index < -0.39 is 0 Å². The van der Waals surface area contributed by atoms with E-state index in [0.717, 1.165) is 37.2 Å². The summed E-state index contributed by atoms with van der Waals surface area (Å²) < 4.78 is 5.04. The van der Waals surface area contributed by atoms with Gasteiger partial charge in [0.1, 0.15) is 0 Å². The van der Waals surface area contributed by atoms with Gasteiger partial charge in [-0.2, -0.15) is 0 Å². The number of benzene rings is 1. The van der Waals surface area contributed by atoms with E-state index in [1.165, 1.54) is 5.56 Å². The standard InChI is InChI=1S/C15H18N2O2/c18-15-12(6-9-19-15)14-10-13(16-7-8-17-14)11-4-2-1-3-5-11/h1-5,13,16-17H,6-10H2/b14-12-. The van der Waals surface area contributed by atoms with Crippen molar-refractivity contribution in [3.8, 4) is 0 Å². The van der Waals surface area contributed by atoms with E-state index >= 15 is 0 Å². The Morgan fingerprint density at radius 3 is 2.74 bits per heavy atom. The van der Waals surface area contributed by atoms with Gasteiger partial charge in [0.05, 0.1) is 12.2 Å². The number of hydrogen-bond donors (Lipinski definition) is 2. The number of nitrogens with one attached hydrogen (secondary N) is 2. The molecule has 2 fully saturated rings. The van der Waals surface area contributed by atoms with Crippen molar-refractivity contribution < 1.29 is 9.53 Å². The number of carbonyl (C=O) groups excluding carboxylic acids is 1. The van der Waals surface area contributed by atoms with Gasteiger partial charge < -0.3 is 15.4 Å². The number of hydrogen-bond acceptors (Lipinski definition) is 4. The van der Waals surface area contributed by atoms with Crippen molar-refractivity contribution in [1.29, 1.82) is 0 Å². The monoisotopic (exact) mass is 258 g/mol. The third-order valence-corrected chi connectivity index (χ3v) is 3.66. The average Bonchev–Trinajstić information content (AvgIpc) is 2.74. The van der Waals surface area contributed by atoms with Crippen molar-refractivity contribution >= 4 is 5.97 Å². The Morgan fingerprint density at radius 1 is 1.16 bits per heavy atom. The molecule has 3 rings (SSSR count). The smallest absolute Gasteiger partial charge is 0.335 e. The molecule has 0 saturated carbocycles. The van der Waals surface area contributed by atoms with E-state index in [1.807, 2.05) is 18.2 Å². The van der Waals surface area contributed by atoms with Crippen LogP contribution in [0.4, 0.5) is 0 Å². The van der Waals surface area contributed by atoms with Crippen LogP contribution in [0.15, 0.2) is 41.6 Å². The third-order valence-electron chi connectivity index (χ3n) is 3.66. The zero-order chi connectivity index (χ0) is 13.1. The zero-order valence-corrected chi connectivity index (χ0v) is 10.8. The summed E-state index contributed by atoms with van der Waals surface area (Å²) in [5.74, 6) is -0.156. The highest BCUT2D eigenvalue weighted by molar-refractivity contribution is 5.91. The highest BCUT2D eigenvalue weighted by Crippen LogP contribution is 2.26. The molecule has 2 aliphatic heterocycles. The fourth-order valence-corrected chi connectivity index (χ4v) is 2.67. The van der Waals surface area contributed by atoms with E-state index in [4.69, 9.17) is 4.74 Å². The Bertz CT molecular complexity index is 496. The fourth-order valence-electron chi connectivity index (χ4n) is 2.67. The molecule has 2 N–H and O–H groups in total. The zero-order valence-electron chi connectivity index (χ0n) is 10.8. The van der Waals surface area contributed by atoms with Gasteiger partial charge in [-0.05, 0) is 5.56 Å². The number of esters is 1. The molecule has 1 aromatic carbocycles. The summed E-state index contributed by atoms with van der Waals surface area (Å²) in [6.07, 6.45) is 1.54. The maximum absolute atomic E-state index is 11.7. The molecule has 0 spiro atoms. The Morgan fingerprint density at radius 2 is 2.00 bits per heavy atom. The molecule has 4 heteroatoms. The molecule has 100 valence electrons. The summed E-state index contributed by atoms with van der Waals surface area (Å²) in [5, 5.41) is 6.89. The lowest BCUT2D eigenvalue weighted by Crippen LogP contribution is -2.23. The predicted octanol–water partition coefficient (Wildman–Crippen LogP) is 1.51. The minimum absolute atomic E-state index is 0.156. The minimum Gasteiger partial charge on any atom is -0.462 e. The van der Waals surface area contributed by atoms with Crippen LogP contribution in [0.25, 0.3) is 0 Å². The number of cyclic esters (lactones) is 1. The largest absolute Gasteiger partial charge is 0.462 e. The van der Waals surface area contributed by atoms with E-state index in [2.05, 4.69) is 22.8 Å². The normalized spacial score (nSPS) is 27.6. The van der Waals surface area contributed by atoms with Crippen molar-refractivity contribution in [2.24, 2.45) is 0 Å². The van der Waals surface area contributed by atoms with Crippen LogP contribution < -0.4 is 10.6 Å². The minimum atomic E-state index is -0.156. The lowest BCUT2D eigenvalue weighted by atomic mass is 9.99. The van der Waals surface area contributed by atoms with E-state index in [1.54, 1.807) is 0 Å². The van der Waals surface area contributed by atoms with Gasteiger partial charge in [0, 0.05) is 37.7 Å². The van der Waals surface area contributed by atoms with Gasteiger partial charge in [-0.25, -0.2) is 4.79 Å². The van der Waals surface area contributed by atoms with Gasteiger partial charge in [-0.1, -0.05) is 30.3 Å². The second kappa shape index (κ2) is 5.45. The quantitative estimate of drug-likeness (QED) is 0.592. The first-order valence-corrected chi connectivity index (χ1v) is 6.76. The molecule has 2 aliphatic rings. The van der Waals surface area contributed by atoms with Crippen molar-refractivity contribution in [3.63, 3.8) is 0 Å². The van der Waals surface area contributed by atoms with Crippen LogP contribution in [0.2, 0.25) is 0 Å². The topological polar surface area (TPSA) is 50.4 Å². The predicted molar refractivity (Wildman–Crippen MR) is 72.4 cm³/mol. The van der Waals surface area contributed by atoms with Gasteiger partial charge in [0.2, 0.25) is 0 Å². The molecule has 0 bridgehead atoms. The Kier molecular flexibility index (Phi) is 3.51. The Balaban J connectivity index is 1.86. The van der Waals surface area contributed by atoms with Gasteiger partial charge in [0.15, 0.2) is 0 Å². The van der Waals surface area contributed by atoms with Gasteiger partial charge in [-0.3, -0.25) is 0 Å². The van der Waals surface area contributed by atoms with Crippen molar-refractivity contribution in [2.45, 2.75) is 18.9 Å². The van der Waals surface area contributed by atoms with Crippen LogP contribution in [-0.2, 0) is 9.53 Å². The first-order valence-electron chi connectivity index (χ1n) is 6.76. The van der Waals surface area contributed by atoms with Gasteiger partial charge in [-0.15, -0.1) is 0 Å². The Hall–Kier alpha value is -1.81. The first kappa shape index (κ1) is 12.2. The molecule has 0 aliphatic carbocycles. The molecule has 1 atom stereocenters. The summed E-state index contributed by atoms with van der Waals surface area (Å²) in [6.45, 7) is 2.25. The molecule has 1 aromatic rings. The summed E-state index contributed by atoms with van der Waals surface area (Å²) in [6, 6.07) is 10.6. The molecule has 2 saturated heterocycles. The number of carbonyl (C=O) groups is 1. The van der Waals surface area contributed by atoms with Gasteiger partial charge >= 0.3 is 5.97 Å². The second-order valence-corrected chi connectivity index (χ2v) is 4.89. The van der Waals surface area contributed by atoms with Crippen LogP contribution in [-0.4, -0.2) is 25.7 Å². The molecular formula is C15H18N2O2. The van der Waals surface area contributed by atoms with Crippen LogP contribution in [0.3, 0.4) is 0 Å². The number of rotatable bonds is 1. The molecule has 1 unspecified atom stereocenters. The molecule has 0 radical (unpaired) electrons. The summed E-state index contributed by atoms with van der Waals surface area (Å²) >= 11 is 0. The maximum Gasteiger partial charge on any atom is 0.335 e. The average molecular weight is 258 g/mol. The maximum atomic E-state index is 11.7. The van der Waals surface area contributed by atoms with E-state index in [9.17, 15) is 4.79 Å². The highest BCUT2D eigenvalue weighted by Gasteiger charge is 2.26. The third kappa shape index (κ3) is 2.63. The van der Waals surface area contributed by atoms with E-state index in [-0.39, 0.29) is 12.0 Å². The van der Waals surface area contributed by atoms with Crippen molar-refractivity contribution in [2.75, 3.05) is 19.7 Å². The molecule has 0 amide bonds. The second-order valence-electron chi connectivity index (χ2n) is 4.89. The summed E-state index contributed by atoms with van der Waals surface area (Å²) in [7, 11) is 0. The van der Waals surface area contributed by atoms with Crippen molar-refractivity contribution in [1.82, 2.24) is 10.6 Å². The van der Waals surface area contributed by atoms with Gasteiger partial charge in [0.25, 0.3) is 0 Å². The SMILES string of the molecule is O=C1OCC/C1=C1\CC(c2ccccc2)NCCN1. The molecule has 0 aromatic heterocycles. The molecule has 2 heterocycles. The molecular weight excluding hydrogens is 240 g/mol. The van der Waals surface area contributed by atoms with E-state index in [0.29, 0.717) is 6.61 Å². The first-order chi connectivity index (χ1) is 9.34. The molecule has 19 heavy (non-hydrogen) atoms. The van der Waals surface area contributed by atoms with Crippen LogP contribution in [0, 0.1) is 0 Å². The van der Waals surface area contributed by atoms with Crippen LogP contribution >= 0.6 is 0 Å². The highest BCUT2D eigenvalue weighted by atomic mass is 16.5. The van der Waals surface area contributed by atoms with Crippen molar-refractivity contribution in [3.05, 3.63) is 47.2 Å². The van der Waals surface area contributed by atoms with Crippen LogP contribution in [0.1, 0.15) is 24.4 Å².